The number of ketones is 1. The summed E-state index contributed by atoms with van der Waals surface area (Å²) in [5, 5.41) is 23.3. The summed E-state index contributed by atoms with van der Waals surface area (Å²) in [7, 11) is 0. The van der Waals surface area contributed by atoms with E-state index in [-0.39, 0.29) is 19.6 Å². The lowest BCUT2D eigenvalue weighted by molar-refractivity contribution is -0.264. The summed E-state index contributed by atoms with van der Waals surface area (Å²) in [4.78, 5) is 37.9. The number of aryl methyl sites for hydroxylation is 1. The molecule has 0 radical (unpaired) electrons. The number of aliphatic hydroxyl groups excluding tert-OH is 2. The number of carbonyl (C=O) groups excluding carboxylic acids is 3. The standard InChI is InChI=1S/C24H30O9/c1-12(25)31-10-23-17(15(27)9-16(33-13(2)26)24(23)11-32-24)21(3)7-5-14-6-8-30-20(14)22(21,4)18(28)19(23)29/h6,8,15-17,19,27,29H,5,7,9-11H2,1-4H3/t15-,16-,17-,19+,21-,22-,23+,24-/m1/s1. The quantitative estimate of drug-likeness (QED) is 0.499. The number of epoxide rings is 1. The van der Waals surface area contributed by atoms with Crippen molar-refractivity contribution >= 4 is 17.7 Å². The van der Waals surface area contributed by atoms with Gasteiger partial charge in [0.1, 0.15) is 30.2 Å². The topological polar surface area (TPSA) is 136 Å². The van der Waals surface area contributed by atoms with Crippen LogP contribution in [0.15, 0.2) is 16.7 Å². The summed E-state index contributed by atoms with van der Waals surface area (Å²) in [6.45, 7) is 5.97. The van der Waals surface area contributed by atoms with E-state index in [0.29, 0.717) is 18.6 Å². The van der Waals surface area contributed by atoms with E-state index >= 15 is 0 Å². The van der Waals surface area contributed by atoms with Gasteiger partial charge < -0.3 is 28.8 Å². The number of rotatable bonds is 3. The average molecular weight is 462 g/mol. The van der Waals surface area contributed by atoms with E-state index in [9.17, 15) is 24.6 Å². The molecular weight excluding hydrogens is 432 g/mol. The minimum atomic E-state index is -1.65. The second kappa shape index (κ2) is 6.90. The number of aliphatic hydroxyl groups is 2. The van der Waals surface area contributed by atoms with Crippen molar-refractivity contribution in [2.24, 2.45) is 16.7 Å². The Morgan fingerprint density at radius 1 is 1.21 bits per heavy atom. The minimum Gasteiger partial charge on any atom is -0.468 e. The highest BCUT2D eigenvalue weighted by molar-refractivity contribution is 5.96. The molecule has 33 heavy (non-hydrogen) atoms. The van der Waals surface area contributed by atoms with Crippen molar-refractivity contribution < 1.29 is 43.2 Å². The molecule has 1 aromatic rings. The van der Waals surface area contributed by atoms with Gasteiger partial charge in [-0.2, -0.15) is 0 Å². The number of hydrogen-bond donors (Lipinski definition) is 2. The largest absolute Gasteiger partial charge is 0.468 e. The van der Waals surface area contributed by atoms with Crippen LogP contribution >= 0.6 is 0 Å². The van der Waals surface area contributed by atoms with Crippen LogP contribution in [0.1, 0.15) is 51.9 Å². The fourth-order valence-electron chi connectivity index (χ4n) is 7.48. The highest BCUT2D eigenvalue weighted by Gasteiger charge is 2.84. The summed E-state index contributed by atoms with van der Waals surface area (Å²) in [6.07, 6.45) is -0.780. The van der Waals surface area contributed by atoms with Crippen molar-refractivity contribution in [3.05, 3.63) is 23.7 Å². The first-order chi connectivity index (χ1) is 15.5. The third-order valence-electron chi connectivity index (χ3n) is 9.15. The fourth-order valence-corrected chi connectivity index (χ4v) is 7.48. The van der Waals surface area contributed by atoms with Crippen molar-refractivity contribution in [2.75, 3.05) is 13.2 Å². The second-order valence-electron chi connectivity index (χ2n) is 10.5. The monoisotopic (exact) mass is 462 g/mol. The Hall–Kier alpha value is -2.23. The van der Waals surface area contributed by atoms with Crippen molar-refractivity contribution in [2.45, 2.75) is 76.3 Å². The highest BCUT2D eigenvalue weighted by Crippen LogP contribution is 2.72. The molecule has 2 saturated carbocycles. The molecule has 180 valence electrons. The molecule has 0 aromatic carbocycles. The normalized spacial score (nSPS) is 45.6. The van der Waals surface area contributed by atoms with Gasteiger partial charge in [-0.25, -0.2) is 0 Å². The first-order valence-corrected chi connectivity index (χ1v) is 11.4. The van der Waals surface area contributed by atoms with Gasteiger partial charge in [0, 0.05) is 26.2 Å². The molecule has 9 nitrogen and oxygen atoms in total. The Bertz CT molecular complexity index is 1020. The van der Waals surface area contributed by atoms with E-state index in [2.05, 4.69) is 0 Å². The van der Waals surface area contributed by atoms with Crippen LogP contribution in [0, 0.1) is 16.7 Å². The van der Waals surface area contributed by atoms with Crippen LogP contribution in [-0.4, -0.2) is 65.1 Å². The molecule has 1 saturated heterocycles. The second-order valence-corrected chi connectivity index (χ2v) is 10.5. The van der Waals surface area contributed by atoms with Crippen LogP contribution in [0.5, 0.6) is 0 Å². The van der Waals surface area contributed by atoms with Crippen molar-refractivity contribution in [3.63, 3.8) is 0 Å². The first kappa shape index (κ1) is 22.6. The number of furan rings is 1. The lowest BCUT2D eigenvalue weighted by Crippen LogP contribution is -2.79. The van der Waals surface area contributed by atoms with E-state index in [1.165, 1.54) is 13.8 Å². The van der Waals surface area contributed by atoms with Gasteiger partial charge >= 0.3 is 11.9 Å². The van der Waals surface area contributed by atoms with Crippen molar-refractivity contribution in [1.29, 1.82) is 0 Å². The number of ether oxygens (including phenoxy) is 3. The molecule has 3 fully saturated rings. The molecule has 0 unspecified atom stereocenters. The number of carbonyl (C=O) groups is 3. The molecule has 1 aromatic heterocycles. The third-order valence-corrected chi connectivity index (χ3v) is 9.15. The van der Waals surface area contributed by atoms with Crippen molar-refractivity contribution in [3.8, 4) is 0 Å². The molecule has 4 aliphatic rings. The number of fused-ring (bicyclic) bond motifs is 6. The van der Waals surface area contributed by atoms with Crippen LogP contribution in [0.2, 0.25) is 0 Å². The van der Waals surface area contributed by atoms with Crippen molar-refractivity contribution in [1.82, 2.24) is 0 Å². The summed E-state index contributed by atoms with van der Waals surface area (Å²) in [5.41, 5.74) is -3.90. The molecule has 1 spiro atoms. The predicted octanol–water partition coefficient (Wildman–Crippen LogP) is 1.06. The van der Waals surface area contributed by atoms with Gasteiger partial charge in [-0.05, 0) is 36.8 Å². The van der Waals surface area contributed by atoms with Gasteiger partial charge in [-0.3, -0.25) is 14.4 Å². The molecule has 5 rings (SSSR count). The van der Waals surface area contributed by atoms with Crippen LogP contribution in [0.3, 0.4) is 0 Å². The van der Waals surface area contributed by atoms with E-state index in [1.54, 1.807) is 13.2 Å². The van der Waals surface area contributed by atoms with Crippen LogP contribution < -0.4 is 0 Å². The van der Waals surface area contributed by atoms with Crippen LogP contribution in [0.25, 0.3) is 0 Å². The molecule has 1 aliphatic heterocycles. The van der Waals surface area contributed by atoms with E-state index < -0.39 is 63.8 Å². The number of Topliss-reactive ketones (excluding diaryl/α,β-unsaturated/α-hetero) is 1. The number of esters is 2. The molecule has 0 bridgehead atoms. The fraction of sp³-hybridized carbons (Fsp3) is 0.708. The van der Waals surface area contributed by atoms with Gasteiger partial charge in [0.15, 0.2) is 5.78 Å². The molecule has 9 heteroatoms. The summed E-state index contributed by atoms with van der Waals surface area (Å²) >= 11 is 0. The molecule has 3 aliphatic carbocycles. The van der Waals surface area contributed by atoms with Gasteiger partial charge in [-0.15, -0.1) is 0 Å². The molecule has 0 amide bonds. The Kier molecular flexibility index (Phi) is 4.71. The third kappa shape index (κ3) is 2.56. The summed E-state index contributed by atoms with van der Waals surface area (Å²) in [6, 6.07) is 1.83. The van der Waals surface area contributed by atoms with Gasteiger partial charge in [-0.1, -0.05) is 6.92 Å². The molecule has 2 heterocycles. The Balaban J connectivity index is 1.74. The van der Waals surface area contributed by atoms with Gasteiger partial charge in [0.2, 0.25) is 0 Å². The van der Waals surface area contributed by atoms with Gasteiger partial charge in [0.05, 0.1) is 29.8 Å². The zero-order chi connectivity index (χ0) is 24.0. The summed E-state index contributed by atoms with van der Waals surface area (Å²) < 4.78 is 22.7. The van der Waals surface area contributed by atoms with E-state index in [4.69, 9.17) is 18.6 Å². The first-order valence-electron chi connectivity index (χ1n) is 11.4. The maximum Gasteiger partial charge on any atom is 0.303 e. The summed E-state index contributed by atoms with van der Waals surface area (Å²) in [5.74, 6) is -1.82. The highest BCUT2D eigenvalue weighted by atomic mass is 16.6. The smallest absolute Gasteiger partial charge is 0.303 e. The average Bonchev–Trinajstić information content (AvgIpc) is 3.39. The van der Waals surface area contributed by atoms with Crippen LogP contribution in [0.4, 0.5) is 0 Å². The molecule has 2 N–H and O–H groups in total. The van der Waals surface area contributed by atoms with Crippen LogP contribution in [-0.2, 0) is 40.4 Å². The molecular formula is C24H30O9. The number of hydrogen-bond acceptors (Lipinski definition) is 9. The lowest BCUT2D eigenvalue weighted by Gasteiger charge is -2.67. The Morgan fingerprint density at radius 3 is 2.52 bits per heavy atom. The van der Waals surface area contributed by atoms with E-state index in [1.807, 2.05) is 13.0 Å². The van der Waals surface area contributed by atoms with Gasteiger partial charge in [0.25, 0.3) is 0 Å². The predicted molar refractivity (Wildman–Crippen MR) is 111 cm³/mol. The zero-order valence-electron chi connectivity index (χ0n) is 19.3. The SMILES string of the molecule is CC(=O)OC[C@@]12[C@@H](O)C(=O)[C@]3(C)c4occc4CC[C@]3(C)[C@H]1[C@H](O)C[C@@H](OC(C)=O)[C@]21CO1. The minimum absolute atomic E-state index is 0.0870. The molecule has 8 atom stereocenters. The lowest BCUT2D eigenvalue weighted by atomic mass is 9.36. The Morgan fingerprint density at radius 2 is 1.91 bits per heavy atom. The maximum atomic E-state index is 14.1. The maximum absolute atomic E-state index is 14.1. The van der Waals surface area contributed by atoms with E-state index in [0.717, 1.165) is 5.56 Å². The Labute approximate surface area is 191 Å². The zero-order valence-corrected chi connectivity index (χ0v) is 19.3.